The molecule has 0 bridgehead atoms. The molecular formula is C19H16FN5O2. The van der Waals surface area contributed by atoms with Crippen LogP contribution in [0.5, 0.6) is 0 Å². The number of rotatable bonds is 6. The fourth-order valence-corrected chi connectivity index (χ4v) is 2.67. The van der Waals surface area contributed by atoms with Crippen molar-refractivity contribution in [3.63, 3.8) is 0 Å². The Kier molecular flexibility index (Phi) is 4.61. The number of carbonyl (C=O) groups is 1. The molecule has 0 saturated heterocycles. The maximum Gasteiger partial charge on any atom is 0.220 e. The van der Waals surface area contributed by atoms with E-state index in [1.54, 1.807) is 18.3 Å². The lowest BCUT2D eigenvalue weighted by atomic mass is 10.2. The highest BCUT2D eigenvalue weighted by molar-refractivity contribution is 5.76. The molecule has 0 spiro atoms. The van der Waals surface area contributed by atoms with Gasteiger partial charge in [0.25, 0.3) is 0 Å². The maximum absolute atomic E-state index is 13.0. The Morgan fingerprint density at radius 2 is 2.00 bits per heavy atom. The maximum atomic E-state index is 13.0. The first kappa shape index (κ1) is 16.9. The first-order valence-electron chi connectivity index (χ1n) is 8.45. The van der Waals surface area contributed by atoms with E-state index in [1.807, 2.05) is 28.8 Å². The number of aromatic nitrogens is 4. The summed E-state index contributed by atoms with van der Waals surface area (Å²) >= 11 is 0. The number of fused-ring (bicyclic) bond motifs is 1. The van der Waals surface area contributed by atoms with Gasteiger partial charge in [0.1, 0.15) is 5.82 Å². The highest BCUT2D eigenvalue weighted by Crippen LogP contribution is 2.21. The number of amides is 1. The molecule has 1 amide bonds. The van der Waals surface area contributed by atoms with Crippen molar-refractivity contribution in [2.75, 3.05) is 0 Å². The minimum absolute atomic E-state index is 0.135. The van der Waals surface area contributed by atoms with Crippen LogP contribution in [-0.4, -0.2) is 25.5 Å². The third kappa shape index (κ3) is 3.84. The number of carbonyl (C=O) groups excluding carboxylic acids is 1. The van der Waals surface area contributed by atoms with Crippen molar-refractivity contribution in [1.29, 1.82) is 0 Å². The van der Waals surface area contributed by atoms with E-state index in [0.717, 1.165) is 11.2 Å². The van der Waals surface area contributed by atoms with E-state index in [1.165, 1.54) is 12.1 Å². The van der Waals surface area contributed by atoms with Crippen LogP contribution in [-0.2, 0) is 17.8 Å². The normalized spacial score (nSPS) is 11.0. The Labute approximate surface area is 153 Å². The van der Waals surface area contributed by atoms with Crippen LogP contribution < -0.4 is 5.32 Å². The highest BCUT2D eigenvalue weighted by atomic mass is 19.1. The van der Waals surface area contributed by atoms with Gasteiger partial charge >= 0.3 is 0 Å². The number of nitrogens with zero attached hydrogens (tertiary/aromatic N) is 4. The molecule has 0 aliphatic heterocycles. The van der Waals surface area contributed by atoms with E-state index < -0.39 is 0 Å². The Morgan fingerprint density at radius 3 is 2.85 bits per heavy atom. The van der Waals surface area contributed by atoms with Crippen molar-refractivity contribution in [2.45, 2.75) is 19.4 Å². The SMILES string of the molecule is O=C(CCc1ncc(-c2ccc(F)cc2)o1)NCc1nnc2ccccn12. The first-order chi connectivity index (χ1) is 13.2. The van der Waals surface area contributed by atoms with Gasteiger partial charge in [-0.25, -0.2) is 9.37 Å². The highest BCUT2D eigenvalue weighted by Gasteiger charge is 2.10. The monoisotopic (exact) mass is 365 g/mol. The topological polar surface area (TPSA) is 85.3 Å². The molecule has 7 nitrogen and oxygen atoms in total. The summed E-state index contributed by atoms with van der Waals surface area (Å²) in [4.78, 5) is 16.3. The standard InChI is InChI=1S/C19H16FN5O2/c20-14-6-4-13(5-7-14)15-11-22-19(27-15)9-8-18(26)21-12-17-24-23-16-3-1-2-10-25(16)17/h1-7,10-11H,8-9,12H2,(H,21,26). The molecule has 0 unspecified atom stereocenters. The number of hydrogen-bond acceptors (Lipinski definition) is 5. The summed E-state index contributed by atoms with van der Waals surface area (Å²) in [5.41, 5.74) is 1.47. The van der Waals surface area contributed by atoms with Gasteiger partial charge in [-0.05, 0) is 36.4 Å². The summed E-state index contributed by atoms with van der Waals surface area (Å²) < 4.78 is 20.4. The second kappa shape index (κ2) is 7.36. The van der Waals surface area contributed by atoms with Crippen LogP contribution in [0.15, 0.2) is 59.3 Å². The molecule has 4 rings (SSSR count). The van der Waals surface area contributed by atoms with Gasteiger partial charge in [-0.2, -0.15) is 0 Å². The van der Waals surface area contributed by atoms with Crippen LogP contribution in [0.1, 0.15) is 18.1 Å². The van der Waals surface area contributed by atoms with Gasteiger partial charge in [-0.15, -0.1) is 10.2 Å². The minimum Gasteiger partial charge on any atom is -0.441 e. The summed E-state index contributed by atoms with van der Waals surface area (Å²) in [6.07, 6.45) is 4.02. The van der Waals surface area contributed by atoms with E-state index in [2.05, 4.69) is 20.5 Å². The predicted octanol–water partition coefficient (Wildman–Crippen LogP) is 2.77. The molecule has 1 N–H and O–H groups in total. The molecule has 0 saturated carbocycles. The molecule has 3 aromatic heterocycles. The second-order valence-corrected chi connectivity index (χ2v) is 5.95. The number of nitrogens with one attached hydrogen (secondary N) is 1. The largest absolute Gasteiger partial charge is 0.441 e. The van der Waals surface area contributed by atoms with E-state index in [0.29, 0.717) is 23.9 Å². The summed E-state index contributed by atoms with van der Waals surface area (Å²) in [6, 6.07) is 11.6. The summed E-state index contributed by atoms with van der Waals surface area (Å²) in [5, 5.41) is 10.9. The molecule has 0 atom stereocenters. The van der Waals surface area contributed by atoms with Crippen LogP contribution in [0.3, 0.4) is 0 Å². The van der Waals surface area contributed by atoms with Gasteiger partial charge in [0.2, 0.25) is 5.91 Å². The third-order valence-electron chi connectivity index (χ3n) is 4.08. The average molecular weight is 365 g/mol. The van der Waals surface area contributed by atoms with Crippen LogP contribution in [0.25, 0.3) is 17.0 Å². The van der Waals surface area contributed by atoms with E-state index in [4.69, 9.17) is 4.42 Å². The van der Waals surface area contributed by atoms with Crippen LogP contribution in [0.4, 0.5) is 4.39 Å². The zero-order chi connectivity index (χ0) is 18.6. The number of halogens is 1. The van der Waals surface area contributed by atoms with E-state index in [9.17, 15) is 9.18 Å². The van der Waals surface area contributed by atoms with Crippen molar-refractivity contribution in [2.24, 2.45) is 0 Å². The Bertz CT molecular complexity index is 1070. The number of hydrogen-bond donors (Lipinski definition) is 1. The first-order valence-corrected chi connectivity index (χ1v) is 8.45. The molecule has 0 aliphatic rings. The molecule has 136 valence electrons. The Balaban J connectivity index is 1.31. The molecule has 4 aromatic rings. The molecule has 27 heavy (non-hydrogen) atoms. The average Bonchev–Trinajstić information content (AvgIpc) is 3.32. The van der Waals surface area contributed by atoms with Gasteiger partial charge in [0, 0.05) is 24.6 Å². The molecule has 0 fully saturated rings. The fourth-order valence-electron chi connectivity index (χ4n) is 2.67. The molecule has 3 heterocycles. The van der Waals surface area contributed by atoms with Gasteiger partial charge in [0.15, 0.2) is 23.1 Å². The van der Waals surface area contributed by atoms with Gasteiger partial charge in [-0.1, -0.05) is 6.07 Å². The van der Waals surface area contributed by atoms with Crippen molar-refractivity contribution in [1.82, 2.24) is 24.9 Å². The van der Waals surface area contributed by atoms with E-state index in [-0.39, 0.29) is 24.7 Å². The summed E-state index contributed by atoms with van der Waals surface area (Å²) in [5.74, 6) is 1.21. The van der Waals surface area contributed by atoms with Gasteiger partial charge < -0.3 is 9.73 Å². The molecule has 1 aromatic carbocycles. The Hall–Kier alpha value is -3.55. The molecular weight excluding hydrogens is 349 g/mol. The lowest BCUT2D eigenvalue weighted by Crippen LogP contribution is -2.24. The number of oxazole rings is 1. The zero-order valence-corrected chi connectivity index (χ0v) is 14.3. The van der Waals surface area contributed by atoms with Crippen LogP contribution in [0.2, 0.25) is 0 Å². The van der Waals surface area contributed by atoms with Crippen LogP contribution >= 0.6 is 0 Å². The summed E-state index contributed by atoms with van der Waals surface area (Å²) in [7, 11) is 0. The number of pyridine rings is 1. The third-order valence-corrected chi connectivity index (χ3v) is 4.08. The molecule has 0 radical (unpaired) electrons. The molecule has 8 heteroatoms. The summed E-state index contributed by atoms with van der Waals surface area (Å²) in [6.45, 7) is 0.288. The quantitative estimate of drug-likeness (QED) is 0.568. The van der Waals surface area contributed by atoms with Gasteiger partial charge in [0.05, 0.1) is 12.7 Å². The number of aryl methyl sites for hydroxylation is 1. The lowest BCUT2D eigenvalue weighted by Gasteiger charge is -2.03. The van der Waals surface area contributed by atoms with Gasteiger partial charge in [-0.3, -0.25) is 9.20 Å². The number of benzene rings is 1. The smallest absolute Gasteiger partial charge is 0.220 e. The van der Waals surface area contributed by atoms with Crippen molar-refractivity contribution >= 4 is 11.6 Å². The minimum atomic E-state index is -0.310. The molecule has 0 aliphatic carbocycles. The zero-order valence-electron chi connectivity index (χ0n) is 14.3. The second-order valence-electron chi connectivity index (χ2n) is 5.95. The van der Waals surface area contributed by atoms with Crippen molar-refractivity contribution in [3.8, 4) is 11.3 Å². The van der Waals surface area contributed by atoms with Crippen molar-refractivity contribution in [3.05, 3.63) is 72.4 Å². The van der Waals surface area contributed by atoms with Crippen molar-refractivity contribution < 1.29 is 13.6 Å². The Morgan fingerprint density at radius 1 is 1.15 bits per heavy atom. The lowest BCUT2D eigenvalue weighted by molar-refractivity contribution is -0.121. The fraction of sp³-hybridized carbons (Fsp3) is 0.158. The van der Waals surface area contributed by atoms with Crippen LogP contribution in [0, 0.1) is 5.82 Å². The predicted molar refractivity (Wildman–Crippen MR) is 95.1 cm³/mol. The van der Waals surface area contributed by atoms with E-state index >= 15 is 0 Å².